The Labute approximate surface area is 312 Å². The monoisotopic (exact) mass is 685 g/mol. The van der Waals surface area contributed by atoms with E-state index in [4.69, 9.17) is 4.42 Å². The van der Waals surface area contributed by atoms with Crippen molar-refractivity contribution < 1.29 is 4.42 Å². The number of allylic oxidation sites excluding steroid dienone is 9. The summed E-state index contributed by atoms with van der Waals surface area (Å²) in [5.41, 5.74) is 18.4. The van der Waals surface area contributed by atoms with Crippen LogP contribution in [0.25, 0.3) is 33.7 Å². The molecular weight excluding hydrogens is 643 g/mol. The molecule has 0 radical (unpaired) electrons. The molecule has 53 heavy (non-hydrogen) atoms. The number of hydrogen-bond acceptors (Lipinski definition) is 2. The summed E-state index contributed by atoms with van der Waals surface area (Å²) in [6, 6.07) is 44.6. The lowest BCUT2D eigenvalue weighted by Crippen LogP contribution is -2.16. The number of hydrogen-bond donors (Lipinski definition) is 0. The Balaban J connectivity index is 0.971. The Morgan fingerprint density at radius 1 is 0.585 bits per heavy atom. The van der Waals surface area contributed by atoms with Gasteiger partial charge in [0.05, 0.1) is 0 Å². The molecule has 1 aromatic heterocycles. The van der Waals surface area contributed by atoms with Gasteiger partial charge in [-0.1, -0.05) is 134 Å². The predicted molar refractivity (Wildman–Crippen MR) is 221 cm³/mol. The molecule has 6 aromatic rings. The van der Waals surface area contributed by atoms with Crippen LogP contribution in [-0.2, 0) is 12.8 Å². The minimum atomic E-state index is 0.194. The molecule has 0 amide bonds. The molecule has 1 unspecified atom stereocenters. The van der Waals surface area contributed by atoms with E-state index in [9.17, 15) is 0 Å². The lowest BCUT2D eigenvalue weighted by atomic mass is 9.80. The largest absolute Gasteiger partial charge is 0.459 e. The van der Waals surface area contributed by atoms with Gasteiger partial charge in [0, 0.05) is 39.5 Å². The quantitative estimate of drug-likeness (QED) is 0.173. The summed E-state index contributed by atoms with van der Waals surface area (Å²) in [7, 11) is 0. The van der Waals surface area contributed by atoms with Gasteiger partial charge >= 0.3 is 0 Å². The molecule has 0 saturated carbocycles. The molecule has 1 heterocycles. The third kappa shape index (κ3) is 5.83. The summed E-state index contributed by atoms with van der Waals surface area (Å²) >= 11 is 0. The fourth-order valence-corrected chi connectivity index (χ4v) is 9.17. The average Bonchev–Trinajstić information content (AvgIpc) is 3.49. The van der Waals surface area contributed by atoms with Crippen LogP contribution in [0.1, 0.15) is 78.0 Å². The molecule has 1 atom stereocenters. The number of aryl methyl sites for hydroxylation is 1. The fraction of sp³-hybridized carbons (Fsp3) is 0.176. The summed E-state index contributed by atoms with van der Waals surface area (Å²) in [6.45, 7) is 0. The molecule has 0 N–H and O–H groups in total. The van der Waals surface area contributed by atoms with Gasteiger partial charge < -0.3 is 9.32 Å². The van der Waals surface area contributed by atoms with Crippen molar-refractivity contribution >= 4 is 34.0 Å². The second-order valence-corrected chi connectivity index (χ2v) is 14.9. The summed E-state index contributed by atoms with van der Waals surface area (Å²) < 4.78 is 7.03. The predicted octanol–water partition coefficient (Wildman–Crippen LogP) is 13.7. The van der Waals surface area contributed by atoms with Crippen molar-refractivity contribution in [1.82, 2.24) is 0 Å². The van der Waals surface area contributed by atoms with Crippen molar-refractivity contribution in [2.45, 2.75) is 57.3 Å². The molecule has 4 aliphatic carbocycles. The maximum Gasteiger partial charge on any atom is 0.142 e. The number of nitrogens with zero attached hydrogens (tertiary/aromatic N) is 1. The number of furan rings is 1. The van der Waals surface area contributed by atoms with Crippen molar-refractivity contribution in [1.29, 1.82) is 0 Å². The van der Waals surface area contributed by atoms with E-state index in [2.05, 4.69) is 163 Å². The Bertz CT molecular complexity index is 2460. The third-order valence-corrected chi connectivity index (χ3v) is 11.8. The van der Waals surface area contributed by atoms with E-state index in [1.54, 1.807) is 5.57 Å². The number of benzene rings is 5. The first-order chi connectivity index (χ1) is 26.3. The first kappa shape index (κ1) is 31.8. The Hall–Kier alpha value is -5.86. The molecule has 2 heteroatoms. The van der Waals surface area contributed by atoms with Gasteiger partial charge in [0.25, 0.3) is 0 Å². The molecule has 5 aromatic carbocycles. The highest BCUT2D eigenvalue weighted by atomic mass is 16.3. The van der Waals surface area contributed by atoms with E-state index in [1.807, 2.05) is 0 Å². The van der Waals surface area contributed by atoms with E-state index in [0.29, 0.717) is 0 Å². The number of anilines is 2. The summed E-state index contributed by atoms with van der Waals surface area (Å²) in [5.74, 6) is 1.29. The zero-order chi connectivity index (χ0) is 35.1. The van der Waals surface area contributed by atoms with Crippen LogP contribution in [0.5, 0.6) is 0 Å². The number of rotatable bonds is 6. The van der Waals surface area contributed by atoms with Crippen molar-refractivity contribution in [2.24, 2.45) is 0 Å². The number of para-hydroxylation sites is 3. The van der Waals surface area contributed by atoms with Gasteiger partial charge in [-0.3, -0.25) is 0 Å². The van der Waals surface area contributed by atoms with Crippen LogP contribution in [0, 0.1) is 0 Å². The van der Waals surface area contributed by atoms with Gasteiger partial charge in [-0.15, -0.1) is 0 Å². The highest BCUT2D eigenvalue weighted by Crippen LogP contribution is 2.45. The Morgan fingerprint density at radius 2 is 1.40 bits per heavy atom. The lowest BCUT2D eigenvalue weighted by molar-refractivity contribution is 0.517. The van der Waals surface area contributed by atoms with Crippen molar-refractivity contribution in [3.05, 3.63) is 202 Å². The topological polar surface area (TPSA) is 16.4 Å². The van der Waals surface area contributed by atoms with E-state index in [0.717, 1.165) is 62.7 Å². The minimum absolute atomic E-state index is 0.194. The van der Waals surface area contributed by atoms with Crippen molar-refractivity contribution in [2.75, 3.05) is 4.90 Å². The summed E-state index contributed by atoms with van der Waals surface area (Å²) in [5, 5.41) is 1.20. The molecule has 0 bridgehead atoms. The molecule has 4 aliphatic rings. The maximum atomic E-state index is 7.03. The van der Waals surface area contributed by atoms with Gasteiger partial charge in [0.15, 0.2) is 0 Å². The average molecular weight is 686 g/mol. The molecule has 10 rings (SSSR count). The van der Waals surface area contributed by atoms with Crippen LogP contribution < -0.4 is 4.90 Å². The first-order valence-electron chi connectivity index (χ1n) is 19.4. The molecule has 0 aliphatic heterocycles. The van der Waals surface area contributed by atoms with E-state index in [-0.39, 0.29) is 5.92 Å². The SMILES string of the molecule is C1=CC2=CCCC(c3cccc(C4CC=Cc5c4oc4c(-c6ccc7c(c6)CCC(N(c6ccccc6)c6ccccc6)=CC7)cccc54)c3)=C2CC1. The van der Waals surface area contributed by atoms with Crippen molar-refractivity contribution in [3.8, 4) is 11.1 Å². The van der Waals surface area contributed by atoms with E-state index >= 15 is 0 Å². The second-order valence-electron chi connectivity index (χ2n) is 14.9. The second kappa shape index (κ2) is 13.6. The highest BCUT2D eigenvalue weighted by Gasteiger charge is 2.28. The first-order valence-corrected chi connectivity index (χ1v) is 19.4. The van der Waals surface area contributed by atoms with E-state index in [1.165, 1.54) is 72.5 Å². The lowest BCUT2D eigenvalue weighted by Gasteiger charge is -2.27. The van der Waals surface area contributed by atoms with Crippen molar-refractivity contribution in [3.63, 3.8) is 0 Å². The van der Waals surface area contributed by atoms with Crippen LogP contribution in [0.15, 0.2) is 173 Å². The molecule has 2 nitrogen and oxygen atoms in total. The van der Waals surface area contributed by atoms with Crippen LogP contribution in [0.2, 0.25) is 0 Å². The van der Waals surface area contributed by atoms with Gasteiger partial charge in [-0.05, 0) is 120 Å². The number of fused-ring (bicyclic) bond motifs is 5. The molecule has 0 fully saturated rings. The van der Waals surface area contributed by atoms with Gasteiger partial charge in [0.2, 0.25) is 0 Å². The van der Waals surface area contributed by atoms with Gasteiger partial charge in [0.1, 0.15) is 11.3 Å². The normalized spacial score (nSPS) is 17.8. The van der Waals surface area contributed by atoms with Crippen LogP contribution in [0.4, 0.5) is 11.4 Å². The Kier molecular flexibility index (Phi) is 8.17. The summed E-state index contributed by atoms with van der Waals surface area (Å²) in [6.07, 6.45) is 22.5. The molecule has 0 spiro atoms. The van der Waals surface area contributed by atoms with E-state index < -0.39 is 0 Å². The third-order valence-electron chi connectivity index (χ3n) is 11.8. The zero-order valence-corrected chi connectivity index (χ0v) is 30.1. The zero-order valence-electron chi connectivity index (χ0n) is 30.1. The summed E-state index contributed by atoms with van der Waals surface area (Å²) in [4.78, 5) is 2.43. The van der Waals surface area contributed by atoms with Crippen LogP contribution in [-0.4, -0.2) is 0 Å². The molecule has 0 saturated heterocycles. The highest BCUT2D eigenvalue weighted by molar-refractivity contribution is 5.99. The van der Waals surface area contributed by atoms with Crippen LogP contribution in [0.3, 0.4) is 0 Å². The molecular formula is C51H43NO. The Morgan fingerprint density at radius 3 is 2.25 bits per heavy atom. The molecule has 258 valence electrons. The minimum Gasteiger partial charge on any atom is -0.459 e. The smallest absolute Gasteiger partial charge is 0.142 e. The standard InChI is InChI=1S/C51H43NO/c1-3-17-41(18-4-1)52(42-19-5-2-6-20-42)43-31-29-35-27-28-40(33-37(35)30-32-43)47-24-12-26-49-48-25-11-23-46(50(48)53-51(47)49)39-16-9-15-38(34-39)45-22-10-14-36-13-7-8-21-44(36)45/h1-7,9,11-20,24-28,31,33-34,46H,8,10,21-23,29-30,32H2. The maximum absolute atomic E-state index is 7.03. The fourth-order valence-electron chi connectivity index (χ4n) is 9.17. The van der Waals surface area contributed by atoms with Gasteiger partial charge in [-0.2, -0.15) is 0 Å². The van der Waals surface area contributed by atoms with Gasteiger partial charge in [-0.25, -0.2) is 0 Å². The van der Waals surface area contributed by atoms with Crippen LogP contribution >= 0.6 is 0 Å².